The molecule has 1 amide bonds. The second-order valence-electron chi connectivity index (χ2n) is 4.04. The van der Waals surface area contributed by atoms with Crippen LogP contribution in [0, 0.1) is 12.8 Å². The third kappa shape index (κ3) is 1.88. The molecule has 3 heteroatoms. The molecule has 0 aliphatic carbocycles. The van der Waals surface area contributed by atoms with E-state index in [0.717, 1.165) is 11.3 Å². The molecule has 1 saturated heterocycles. The van der Waals surface area contributed by atoms with Crippen LogP contribution in [-0.2, 0) is 4.79 Å². The Labute approximate surface area is 89.3 Å². The van der Waals surface area contributed by atoms with Gasteiger partial charge < -0.3 is 10.0 Å². The van der Waals surface area contributed by atoms with Crippen LogP contribution in [0.25, 0.3) is 0 Å². The van der Waals surface area contributed by atoms with Gasteiger partial charge in [0.15, 0.2) is 0 Å². The maximum Gasteiger partial charge on any atom is 0.227 e. The predicted molar refractivity (Wildman–Crippen MR) is 58.7 cm³/mol. The second kappa shape index (κ2) is 4.03. The van der Waals surface area contributed by atoms with Crippen molar-refractivity contribution in [3.63, 3.8) is 0 Å². The lowest BCUT2D eigenvalue weighted by molar-refractivity contribution is -0.117. The SMILES string of the molecule is Cc1ccccc1N1CC(CO)CC1=O. The van der Waals surface area contributed by atoms with Crippen molar-refractivity contribution in [3.8, 4) is 0 Å². The largest absolute Gasteiger partial charge is 0.396 e. The van der Waals surface area contributed by atoms with Crippen LogP contribution in [0.5, 0.6) is 0 Å². The Morgan fingerprint density at radius 1 is 1.47 bits per heavy atom. The molecule has 3 nitrogen and oxygen atoms in total. The molecule has 1 fully saturated rings. The molecule has 2 rings (SSSR count). The molecule has 0 aromatic heterocycles. The molecule has 1 aliphatic rings. The Balaban J connectivity index is 2.25. The molecule has 1 atom stereocenters. The molecule has 1 aromatic carbocycles. The number of nitrogens with zero attached hydrogens (tertiary/aromatic N) is 1. The summed E-state index contributed by atoms with van der Waals surface area (Å²) in [6.07, 6.45) is 0.463. The van der Waals surface area contributed by atoms with Gasteiger partial charge in [-0.05, 0) is 18.6 Å². The van der Waals surface area contributed by atoms with Crippen LogP contribution in [0.3, 0.4) is 0 Å². The maximum absolute atomic E-state index is 11.7. The fraction of sp³-hybridized carbons (Fsp3) is 0.417. The minimum Gasteiger partial charge on any atom is -0.396 e. The van der Waals surface area contributed by atoms with Crippen LogP contribution >= 0.6 is 0 Å². The molecule has 15 heavy (non-hydrogen) atoms. The minimum atomic E-state index is 0.0914. The van der Waals surface area contributed by atoms with Crippen molar-refractivity contribution in [2.24, 2.45) is 5.92 Å². The molecule has 1 unspecified atom stereocenters. The summed E-state index contributed by atoms with van der Waals surface area (Å²) in [5.74, 6) is 0.209. The maximum atomic E-state index is 11.7. The molecule has 1 heterocycles. The number of hydrogen-bond donors (Lipinski definition) is 1. The number of aliphatic hydroxyl groups is 1. The Hall–Kier alpha value is -1.35. The molecule has 0 spiro atoms. The van der Waals surface area contributed by atoms with Gasteiger partial charge in [-0.3, -0.25) is 4.79 Å². The van der Waals surface area contributed by atoms with Gasteiger partial charge in [0.25, 0.3) is 0 Å². The monoisotopic (exact) mass is 205 g/mol. The highest BCUT2D eigenvalue weighted by molar-refractivity contribution is 5.96. The van der Waals surface area contributed by atoms with Crippen LogP contribution in [0.4, 0.5) is 5.69 Å². The molecular weight excluding hydrogens is 190 g/mol. The number of aryl methyl sites for hydroxylation is 1. The lowest BCUT2D eigenvalue weighted by Crippen LogP contribution is -2.25. The van der Waals surface area contributed by atoms with E-state index in [-0.39, 0.29) is 18.4 Å². The molecule has 0 bridgehead atoms. The summed E-state index contributed by atoms with van der Waals surface area (Å²) < 4.78 is 0. The van der Waals surface area contributed by atoms with Crippen molar-refractivity contribution in [1.29, 1.82) is 0 Å². The smallest absolute Gasteiger partial charge is 0.227 e. The average molecular weight is 205 g/mol. The zero-order chi connectivity index (χ0) is 10.8. The second-order valence-corrected chi connectivity index (χ2v) is 4.04. The van der Waals surface area contributed by atoms with Crippen molar-refractivity contribution in [1.82, 2.24) is 0 Å². The van der Waals surface area contributed by atoms with Crippen LogP contribution in [-0.4, -0.2) is 24.2 Å². The minimum absolute atomic E-state index is 0.0914. The third-order valence-corrected chi connectivity index (χ3v) is 2.87. The highest BCUT2D eigenvalue weighted by Crippen LogP contribution is 2.27. The van der Waals surface area contributed by atoms with Crippen LogP contribution in [0.15, 0.2) is 24.3 Å². The van der Waals surface area contributed by atoms with Crippen molar-refractivity contribution in [2.75, 3.05) is 18.1 Å². The van der Waals surface area contributed by atoms with Gasteiger partial charge in [0.05, 0.1) is 0 Å². The number of rotatable bonds is 2. The van der Waals surface area contributed by atoms with Crippen LogP contribution in [0.2, 0.25) is 0 Å². The molecule has 80 valence electrons. The molecule has 0 radical (unpaired) electrons. The Morgan fingerprint density at radius 2 is 2.20 bits per heavy atom. The highest BCUT2D eigenvalue weighted by Gasteiger charge is 2.30. The van der Waals surface area contributed by atoms with Gasteiger partial charge in [-0.1, -0.05) is 18.2 Å². The first-order valence-corrected chi connectivity index (χ1v) is 5.19. The van der Waals surface area contributed by atoms with Crippen molar-refractivity contribution >= 4 is 11.6 Å². The van der Waals surface area contributed by atoms with Gasteiger partial charge in [0.2, 0.25) is 5.91 Å². The van der Waals surface area contributed by atoms with E-state index < -0.39 is 0 Å². The summed E-state index contributed by atoms with van der Waals surface area (Å²) >= 11 is 0. The summed E-state index contributed by atoms with van der Waals surface area (Å²) in [6.45, 7) is 2.73. The molecule has 0 saturated carbocycles. The van der Waals surface area contributed by atoms with Crippen LogP contribution in [0.1, 0.15) is 12.0 Å². The third-order valence-electron chi connectivity index (χ3n) is 2.87. The Morgan fingerprint density at radius 3 is 2.80 bits per heavy atom. The van der Waals surface area contributed by atoms with E-state index in [0.29, 0.717) is 13.0 Å². The number of hydrogen-bond acceptors (Lipinski definition) is 2. The van der Waals surface area contributed by atoms with E-state index in [2.05, 4.69) is 0 Å². The number of benzene rings is 1. The summed E-state index contributed by atoms with van der Waals surface area (Å²) in [6, 6.07) is 7.84. The lowest BCUT2D eigenvalue weighted by atomic mass is 10.1. The zero-order valence-corrected chi connectivity index (χ0v) is 8.81. The van der Waals surface area contributed by atoms with E-state index in [1.807, 2.05) is 31.2 Å². The van der Waals surface area contributed by atoms with Gasteiger partial charge >= 0.3 is 0 Å². The van der Waals surface area contributed by atoms with Gasteiger partial charge in [-0.2, -0.15) is 0 Å². The first-order valence-electron chi connectivity index (χ1n) is 5.19. The summed E-state index contributed by atoms with van der Waals surface area (Å²) in [7, 11) is 0. The number of para-hydroxylation sites is 1. The summed E-state index contributed by atoms with van der Waals surface area (Å²) in [5.41, 5.74) is 2.07. The standard InChI is InChI=1S/C12H15NO2/c1-9-4-2-3-5-11(9)13-7-10(8-14)6-12(13)15/h2-5,10,14H,6-8H2,1H3. The van der Waals surface area contributed by atoms with E-state index in [4.69, 9.17) is 5.11 Å². The quantitative estimate of drug-likeness (QED) is 0.791. The zero-order valence-electron chi connectivity index (χ0n) is 8.81. The van der Waals surface area contributed by atoms with Gasteiger partial charge in [-0.25, -0.2) is 0 Å². The Bertz CT molecular complexity index is 376. The molecular formula is C12H15NO2. The fourth-order valence-corrected chi connectivity index (χ4v) is 2.00. The normalized spacial score (nSPS) is 21.1. The summed E-state index contributed by atoms with van der Waals surface area (Å²) in [5, 5.41) is 9.04. The average Bonchev–Trinajstić information content (AvgIpc) is 2.60. The highest BCUT2D eigenvalue weighted by atomic mass is 16.3. The van der Waals surface area contributed by atoms with E-state index in [1.54, 1.807) is 4.90 Å². The number of amides is 1. The Kier molecular flexibility index (Phi) is 2.73. The van der Waals surface area contributed by atoms with Crippen molar-refractivity contribution < 1.29 is 9.90 Å². The fourth-order valence-electron chi connectivity index (χ4n) is 2.00. The summed E-state index contributed by atoms with van der Waals surface area (Å²) in [4.78, 5) is 13.5. The van der Waals surface area contributed by atoms with Gasteiger partial charge in [0, 0.05) is 31.2 Å². The van der Waals surface area contributed by atoms with E-state index in [1.165, 1.54) is 0 Å². The molecule has 1 aromatic rings. The number of carbonyl (C=O) groups excluding carboxylic acids is 1. The van der Waals surface area contributed by atoms with Crippen molar-refractivity contribution in [3.05, 3.63) is 29.8 Å². The topological polar surface area (TPSA) is 40.5 Å². The van der Waals surface area contributed by atoms with Crippen LogP contribution < -0.4 is 4.90 Å². The predicted octanol–water partition coefficient (Wildman–Crippen LogP) is 1.34. The molecule has 1 N–H and O–H groups in total. The van der Waals surface area contributed by atoms with Gasteiger partial charge in [-0.15, -0.1) is 0 Å². The van der Waals surface area contributed by atoms with E-state index in [9.17, 15) is 4.79 Å². The van der Waals surface area contributed by atoms with Crippen molar-refractivity contribution in [2.45, 2.75) is 13.3 Å². The first kappa shape index (κ1) is 10.2. The molecule has 1 aliphatic heterocycles. The first-order chi connectivity index (χ1) is 7.22. The van der Waals surface area contributed by atoms with E-state index >= 15 is 0 Å². The number of aliphatic hydroxyl groups excluding tert-OH is 1. The number of anilines is 1. The number of carbonyl (C=O) groups is 1. The van der Waals surface area contributed by atoms with Gasteiger partial charge in [0.1, 0.15) is 0 Å². The lowest BCUT2D eigenvalue weighted by Gasteiger charge is -2.18.